The van der Waals surface area contributed by atoms with Crippen molar-refractivity contribution in [1.29, 1.82) is 5.26 Å². The number of benzene rings is 2. The van der Waals surface area contributed by atoms with Crippen LogP contribution in [0, 0.1) is 27.3 Å². The van der Waals surface area contributed by atoms with Crippen LogP contribution in [0.2, 0.25) is 5.02 Å². The smallest absolute Gasteiger partial charge is 0.289 e. The quantitative estimate of drug-likeness (QED) is 0.591. The summed E-state index contributed by atoms with van der Waals surface area (Å²) in [5.74, 6) is 0.0469. The van der Waals surface area contributed by atoms with E-state index in [4.69, 9.17) is 16.9 Å². The highest BCUT2D eigenvalue weighted by molar-refractivity contribution is 6.32. The van der Waals surface area contributed by atoms with Gasteiger partial charge >= 0.3 is 0 Å². The maximum Gasteiger partial charge on any atom is 0.289 e. The van der Waals surface area contributed by atoms with E-state index >= 15 is 0 Å². The SMILES string of the molecule is C=C(Nc1ccc(F)cc1)Nc1ccc(Cl)c([N+](=O)[O-])c1.CC#N. The van der Waals surface area contributed by atoms with Crippen LogP contribution >= 0.6 is 11.6 Å². The Morgan fingerprint density at radius 3 is 2.29 bits per heavy atom. The highest BCUT2D eigenvalue weighted by atomic mass is 35.5. The Morgan fingerprint density at radius 2 is 1.75 bits per heavy atom. The summed E-state index contributed by atoms with van der Waals surface area (Å²) in [7, 11) is 0. The van der Waals surface area contributed by atoms with Gasteiger partial charge in [0.25, 0.3) is 5.69 Å². The zero-order valence-electron chi connectivity index (χ0n) is 12.7. The highest BCUT2D eigenvalue weighted by Gasteiger charge is 2.12. The van der Waals surface area contributed by atoms with E-state index in [9.17, 15) is 14.5 Å². The normalized spacial score (nSPS) is 9.08. The van der Waals surface area contributed by atoms with E-state index in [0.717, 1.165) is 0 Å². The van der Waals surface area contributed by atoms with Crippen LogP contribution in [0.5, 0.6) is 0 Å². The third-order valence-electron chi connectivity index (χ3n) is 2.58. The molecule has 0 aromatic heterocycles. The lowest BCUT2D eigenvalue weighted by Gasteiger charge is -2.12. The standard InChI is InChI=1S/C14H11ClFN3O2.C2H3N/c1-9(17-11-4-2-10(16)3-5-11)18-12-6-7-13(15)14(8-12)19(20)21;1-2-3/h2-8,17-18H,1H2;1H3. The first-order valence-electron chi connectivity index (χ1n) is 6.60. The first-order valence-corrected chi connectivity index (χ1v) is 6.98. The minimum Gasteiger partial charge on any atom is -0.342 e. The third kappa shape index (κ3) is 5.94. The lowest BCUT2D eigenvalue weighted by Crippen LogP contribution is -2.08. The van der Waals surface area contributed by atoms with Gasteiger partial charge in [0.2, 0.25) is 0 Å². The Balaban J connectivity index is 0.000000891. The molecular weight excluding hydrogens is 335 g/mol. The third-order valence-corrected chi connectivity index (χ3v) is 2.90. The van der Waals surface area contributed by atoms with Crippen molar-refractivity contribution in [2.75, 3.05) is 10.6 Å². The molecule has 8 heteroatoms. The molecule has 0 aliphatic heterocycles. The average Bonchev–Trinajstić information content (AvgIpc) is 2.52. The van der Waals surface area contributed by atoms with Crippen LogP contribution in [0.4, 0.5) is 21.5 Å². The Hall–Kier alpha value is -3.11. The number of nitro benzene ring substituents is 1. The van der Waals surface area contributed by atoms with Crippen molar-refractivity contribution < 1.29 is 9.31 Å². The van der Waals surface area contributed by atoms with E-state index in [1.54, 1.807) is 24.3 Å². The molecular formula is C16H14ClFN4O2. The summed E-state index contributed by atoms with van der Waals surface area (Å²) >= 11 is 5.73. The maximum atomic E-state index is 12.8. The van der Waals surface area contributed by atoms with Crippen LogP contribution in [0.1, 0.15) is 6.92 Å². The van der Waals surface area contributed by atoms with Gasteiger partial charge in [-0.15, -0.1) is 0 Å². The van der Waals surface area contributed by atoms with Crippen LogP contribution in [-0.4, -0.2) is 4.92 Å². The molecule has 0 atom stereocenters. The Morgan fingerprint density at radius 1 is 1.25 bits per heavy atom. The second-order valence-corrected chi connectivity index (χ2v) is 4.79. The number of anilines is 2. The topological polar surface area (TPSA) is 91.0 Å². The summed E-state index contributed by atoms with van der Waals surface area (Å²) in [5.41, 5.74) is 0.902. The summed E-state index contributed by atoms with van der Waals surface area (Å²) in [4.78, 5) is 10.2. The van der Waals surface area contributed by atoms with Gasteiger partial charge in [0.15, 0.2) is 0 Å². The second-order valence-electron chi connectivity index (χ2n) is 4.38. The van der Waals surface area contributed by atoms with Crippen molar-refractivity contribution in [1.82, 2.24) is 0 Å². The van der Waals surface area contributed by atoms with Crippen LogP contribution < -0.4 is 10.6 Å². The lowest BCUT2D eigenvalue weighted by molar-refractivity contribution is -0.384. The van der Waals surface area contributed by atoms with Crippen molar-refractivity contribution >= 4 is 28.7 Å². The van der Waals surface area contributed by atoms with Gasteiger partial charge in [-0.3, -0.25) is 10.1 Å². The monoisotopic (exact) mass is 348 g/mol. The Kier molecular flexibility index (Phi) is 7.20. The molecule has 0 fully saturated rings. The van der Waals surface area contributed by atoms with Gasteiger partial charge in [-0.25, -0.2) is 4.39 Å². The molecule has 0 heterocycles. The molecule has 0 bridgehead atoms. The number of nitrogens with zero attached hydrogens (tertiary/aromatic N) is 2. The summed E-state index contributed by atoms with van der Waals surface area (Å²) < 4.78 is 12.8. The molecule has 0 unspecified atom stereocenters. The Labute approximate surface area is 143 Å². The summed E-state index contributed by atoms with van der Waals surface area (Å²) in [6.07, 6.45) is 0. The van der Waals surface area contributed by atoms with Gasteiger partial charge in [-0.2, -0.15) is 5.26 Å². The van der Waals surface area contributed by atoms with Crippen molar-refractivity contribution in [2.24, 2.45) is 0 Å². The number of hydrogen-bond acceptors (Lipinski definition) is 5. The van der Waals surface area contributed by atoms with E-state index in [0.29, 0.717) is 17.2 Å². The van der Waals surface area contributed by atoms with Crippen LogP contribution in [-0.2, 0) is 0 Å². The largest absolute Gasteiger partial charge is 0.342 e. The van der Waals surface area contributed by atoms with Gasteiger partial charge < -0.3 is 10.6 Å². The molecule has 2 rings (SSSR count). The predicted molar refractivity (Wildman–Crippen MR) is 92.2 cm³/mol. The highest BCUT2D eigenvalue weighted by Crippen LogP contribution is 2.27. The molecule has 2 aromatic carbocycles. The number of halogens is 2. The van der Waals surface area contributed by atoms with Crippen molar-refractivity contribution in [3.8, 4) is 6.07 Å². The second kappa shape index (κ2) is 9.12. The summed E-state index contributed by atoms with van der Waals surface area (Å²) in [5, 5.41) is 24.0. The minimum atomic E-state index is -0.566. The molecule has 0 saturated carbocycles. The fraction of sp³-hybridized carbons (Fsp3) is 0.0625. The van der Waals surface area contributed by atoms with E-state index in [-0.39, 0.29) is 16.5 Å². The molecule has 0 amide bonds. The lowest BCUT2D eigenvalue weighted by atomic mass is 10.2. The predicted octanol–water partition coefficient (Wildman–Crippen LogP) is 4.91. The van der Waals surface area contributed by atoms with Gasteiger partial charge in [-0.1, -0.05) is 18.2 Å². The molecule has 0 spiro atoms. The van der Waals surface area contributed by atoms with E-state index < -0.39 is 4.92 Å². The van der Waals surface area contributed by atoms with Gasteiger partial charge in [-0.05, 0) is 36.4 Å². The van der Waals surface area contributed by atoms with Gasteiger partial charge in [0, 0.05) is 24.4 Å². The minimum absolute atomic E-state index is 0.0580. The summed E-state index contributed by atoms with van der Waals surface area (Å²) in [6.45, 7) is 5.18. The van der Waals surface area contributed by atoms with Crippen LogP contribution in [0.3, 0.4) is 0 Å². The summed E-state index contributed by atoms with van der Waals surface area (Å²) in [6, 6.07) is 11.8. The molecule has 0 aliphatic carbocycles. The number of hydrogen-bond donors (Lipinski definition) is 2. The fourth-order valence-electron chi connectivity index (χ4n) is 1.64. The van der Waals surface area contributed by atoms with Crippen molar-refractivity contribution in [3.05, 3.63) is 75.8 Å². The first-order chi connectivity index (χ1) is 11.4. The molecule has 6 nitrogen and oxygen atoms in total. The van der Waals surface area contributed by atoms with Gasteiger partial charge in [0.05, 0.1) is 11.0 Å². The number of nitriles is 1. The molecule has 2 aromatic rings. The van der Waals surface area contributed by atoms with Crippen LogP contribution in [0.25, 0.3) is 0 Å². The van der Waals surface area contributed by atoms with Gasteiger partial charge in [0.1, 0.15) is 16.7 Å². The van der Waals surface area contributed by atoms with E-state index in [2.05, 4.69) is 17.2 Å². The first kappa shape index (κ1) is 18.9. The molecule has 124 valence electrons. The Bertz CT molecular complexity index is 773. The van der Waals surface area contributed by atoms with Crippen molar-refractivity contribution in [2.45, 2.75) is 6.92 Å². The number of nitro groups is 1. The zero-order chi connectivity index (χ0) is 18.1. The molecule has 0 saturated heterocycles. The number of rotatable bonds is 5. The molecule has 0 aliphatic rings. The van der Waals surface area contributed by atoms with Crippen molar-refractivity contribution in [3.63, 3.8) is 0 Å². The molecule has 24 heavy (non-hydrogen) atoms. The fourth-order valence-corrected chi connectivity index (χ4v) is 1.83. The average molecular weight is 349 g/mol. The molecule has 2 N–H and O–H groups in total. The maximum absolute atomic E-state index is 12.8. The van der Waals surface area contributed by atoms with E-state index in [1.807, 2.05) is 0 Å². The zero-order valence-corrected chi connectivity index (χ0v) is 13.5. The van der Waals surface area contributed by atoms with Crippen LogP contribution in [0.15, 0.2) is 54.9 Å². The number of nitrogens with one attached hydrogen (secondary N) is 2. The van der Waals surface area contributed by atoms with E-state index in [1.165, 1.54) is 31.2 Å². The molecule has 0 radical (unpaired) electrons.